The molecule has 244 valence electrons. The molecule has 0 aliphatic rings. The maximum Gasteiger partial charge on any atom is 0.222 e. The molecule has 2 aromatic rings. The zero-order chi connectivity index (χ0) is 32.7. The number of hydrogen-bond acceptors (Lipinski definition) is 2. The lowest BCUT2D eigenvalue weighted by Gasteiger charge is -2.45. The minimum Gasteiger partial charge on any atom is -0.429 e. The zero-order valence-corrected chi connectivity index (χ0v) is 27.7. The molecule has 2 rings (SSSR count). The van der Waals surface area contributed by atoms with Gasteiger partial charge in [0.25, 0.3) is 0 Å². The molecule has 2 atom stereocenters. The van der Waals surface area contributed by atoms with Crippen molar-refractivity contribution >= 4 is 18.6 Å². The van der Waals surface area contributed by atoms with Crippen LogP contribution in [0.5, 0.6) is 0 Å². The highest BCUT2D eigenvalue weighted by atomic mass is 28.4. The van der Waals surface area contributed by atoms with Gasteiger partial charge in [0.2, 0.25) is 20.0 Å². The first-order valence-electron chi connectivity index (χ1n) is 14.4. The minimum atomic E-state index is -3.17. The first kappa shape index (κ1) is 37.3. The second-order valence-corrected chi connectivity index (χ2v) is 16.5. The molecule has 1 N–H and O–H groups in total. The van der Waals surface area contributed by atoms with Gasteiger partial charge in [-0.2, -0.15) is 0 Å². The molecule has 0 bridgehead atoms. The van der Waals surface area contributed by atoms with E-state index in [2.05, 4.69) is 0 Å². The van der Waals surface area contributed by atoms with Crippen LogP contribution in [0, 0.1) is 58.2 Å². The summed E-state index contributed by atoms with van der Waals surface area (Å²) < 4.78 is 142. The summed E-state index contributed by atoms with van der Waals surface area (Å²) in [5.74, 6) is -19.6. The SMILES string of the molecule is CC(C)[Si](O)(CCCCCc1c(F)c(F)c(F)c(F)c1F)C(C)(CCCCCCc1c(F)c(F)c(F)c(F)c1F)OC[SiH3]. The van der Waals surface area contributed by atoms with Gasteiger partial charge in [-0.1, -0.05) is 46.0 Å². The van der Waals surface area contributed by atoms with Gasteiger partial charge in [0, 0.05) is 27.6 Å². The monoisotopic (exact) mass is 664 g/mol. The first-order valence-corrected chi connectivity index (χ1v) is 18.1. The van der Waals surface area contributed by atoms with Crippen molar-refractivity contribution in [2.24, 2.45) is 0 Å². The molecule has 0 spiro atoms. The standard InChI is InChI=1S/C29H38F10O2Si2/c1-16(2)43(40,14-10-6-8-12-18-21(32)25(36)28(39)26(37)22(18)33)29(3,41-15-42)13-9-5-4-7-11-17-19(30)23(34)27(38)24(35)20(17)31/h16,40H,4-15H2,1-3,42H3. The van der Waals surface area contributed by atoms with Gasteiger partial charge in [0.05, 0.1) is 5.22 Å². The van der Waals surface area contributed by atoms with Crippen LogP contribution in [0.1, 0.15) is 83.3 Å². The molecule has 0 heterocycles. The average Bonchev–Trinajstić information content (AvgIpc) is 2.97. The summed E-state index contributed by atoms with van der Waals surface area (Å²) in [6.07, 6.45) is 2.93. The summed E-state index contributed by atoms with van der Waals surface area (Å²) in [7, 11) is -2.47. The minimum absolute atomic E-state index is 0.141. The van der Waals surface area contributed by atoms with Crippen molar-refractivity contribution < 1.29 is 53.4 Å². The van der Waals surface area contributed by atoms with E-state index in [9.17, 15) is 48.7 Å². The van der Waals surface area contributed by atoms with E-state index in [1.165, 1.54) is 0 Å². The van der Waals surface area contributed by atoms with Gasteiger partial charge in [0.15, 0.2) is 46.5 Å². The van der Waals surface area contributed by atoms with Crippen molar-refractivity contribution in [3.63, 3.8) is 0 Å². The van der Waals surface area contributed by atoms with Crippen LogP contribution in [-0.2, 0) is 17.6 Å². The van der Waals surface area contributed by atoms with Crippen LogP contribution in [-0.4, -0.2) is 34.8 Å². The van der Waals surface area contributed by atoms with Crippen LogP contribution in [0.2, 0.25) is 11.6 Å². The molecule has 14 heteroatoms. The lowest BCUT2D eigenvalue weighted by Crippen LogP contribution is -2.61. The lowest BCUT2D eigenvalue weighted by atomic mass is 10.0. The molecule has 0 radical (unpaired) electrons. The van der Waals surface area contributed by atoms with Gasteiger partial charge in [-0.3, -0.25) is 0 Å². The lowest BCUT2D eigenvalue weighted by molar-refractivity contribution is 0.0285. The van der Waals surface area contributed by atoms with Crippen molar-refractivity contribution in [2.45, 2.75) is 102 Å². The van der Waals surface area contributed by atoms with E-state index in [1.807, 2.05) is 20.8 Å². The highest BCUT2D eigenvalue weighted by molar-refractivity contribution is 6.76. The Bertz CT molecular complexity index is 1200. The van der Waals surface area contributed by atoms with Crippen LogP contribution in [0.25, 0.3) is 0 Å². The average molecular weight is 665 g/mol. The van der Waals surface area contributed by atoms with Crippen LogP contribution in [0.4, 0.5) is 43.9 Å². The van der Waals surface area contributed by atoms with E-state index in [0.717, 1.165) is 0 Å². The van der Waals surface area contributed by atoms with E-state index in [4.69, 9.17) is 4.74 Å². The van der Waals surface area contributed by atoms with Gasteiger partial charge in [-0.25, -0.2) is 43.9 Å². The van der Waals surface area contributed by atoms with E-state index in [0.29, 0.717) is 61.0 Å². The summed E-state index contributed by atoms with van der Waals surface area (Å²) in [5, 5.41) is -0.869. The number of hydrogen-bond donors (Lipinski definition) is 1. The Hall–Kier alpha value is -1.91. The molecule has 0 aliphatic heterocycles. The Labute approximate surface area is 249 Å². The number of halogens is 10. The first-order chi connectivity index (χ1) is 20.1. The van der Waals surface area contributed by atoms with Gasteiger partial charge >= 0.3 is 0 Å². The van der Waals surface area contributed by atoms with Crippen molar-refractivity contribution in [1.82, 2.24) is 0 Å². The highest BCUT2D eigenvalue weighted by Gasteiger charge is 2.52. The van der Waals surface area contributed by atoms with E-state index >= 15 is 0 Å². The summed E-state index contributed by atoms with van der Waals surface area (Å²) in [5.41, 5.74) is -1.85. The van der Waals surface area contributed by atoms with E-state index in [-0.39, 0.29) is 31.2 Å². The van der Waals surface area contributed by atoms with E-state index in [1.54, 1.807) is 0 Å². The van der Waals surface area contributed by atoms with Gasteiger partial charge in [0.1, 0.15) is 0 Å². The molecular formula is C29H38F10O2Si2. The number of rotatable bonds is 17. The maximum absolute atomic E-state index is 14.0. The summed E-state index contributed by atoms with van der Waals surface area (Å²) in [6.45, 7) is 5.58. The molecule has 2 aromatic carbocycles. The normalized spacial score (nSPS) is 14.9. The smallest absolute Gasteiger partial charge is 0.222 e. The Morgan fingerprint density at radius 3 is 1.33 bits per heavy atom. The second kappa shape index (κ2) is 15.9. The third-order valence-corrected chi connectivity index (χ3v) is 13.8. The Kier molecular flexibility index (Phi) is 13.8. The fraction of sp³-hybridized carbons (Fsp3) is 0.586. The molecule has 0 saturated heterocycles. The van der Waals surface area contributed by atoms with Gasteiger partial charge in [-0.05, 0) is 50.6 Å². The summed E-state index contributed by atoms with van der Waals surface area (Å²) >= 11 is 0. The predicted octanol–water partition coefficient (Wildman–Crippen LogP) is 7.97. The Balaban J connectivity index is 1.96. The Morgan fingerprint density at radius 2 is 0.953 bits per heavy atom. The van der Waals surface area contributed by atoms with Gasteiger partial charge in [-0.15, -0.1) is 0 Å². The number of benzene rings is 2. The number of unbranched alkanes of at least 4 members (excludes halogenated alkanes) is 5. The summed E-state index contributed by atoms with van der Waals surface area (Å²) in [6, 6.07) is 0.375. The molecule has 0 amide bonds. The van der Waals surface area contributed by atoms with Gasteiger partial charge < -0.3 is 9.53 Å². The largest absolute Gasteiger partial charge is 0.429 e. The third kappa shape index (κ3) is 8.23. The molecular weight excluding hydrogens is 626 g/mol. The van der Waals surface area contributed by atoms with Crippen molar-refractivity contribution in [3.05, 3.63) is 69.3 Å². The number of ether oxygens (including phenoxy) is 1. The topological polar surface area (TPSA) is 29.5 Å². The fourth-order valence-electron chi connectivity index (χ4n) is 5.63. The quantitative estimate of drug-likeness (QED) is 0.0612. The Morgan fingerprint density at radius 1 is 0.605 bits per heavy atom. The van der Waals surface area contributed by atoms with Crippen molar-refractivity contribution in [2.75, 3.05) is 6.23 Å². The molecule has 0 saturated carbocycles. The van der Waals surface area contributed by atoms with Crippen LogP contribution >= 0.6 is 0 Å². The predicted molar refractivity (Wildman–Crippen MR) is 149 cm³/mol. The zero-order valence-electron chi connectivity index (χ0n) is 24.7. The second-order valence-electron chi connectivity index (χ2n) is 11.3. The molecule has 43 heavy (non-hydrogen) atoms. The molecule has 2 nitrogen and oxygen atoms in total. The fourth-order valence-corrected chi connectivity index (χ4v) is 10.7. The summed E-state index contributed by atoms with van der Waals surface area (Å²) in [4.78, 5) is 11.9. The van der Waals surface area contributed by atoms with Crippen LogP contribution in [0.15, 0.2) is 0 Å². The molecule has 0 aliphatic carbocycles. The third-order valence-electron chi connectivity index (χ3n) is 8.25. The van der Waals surface area contributed by atoms with Crippen molar-refractivity contribution in [3.8, 4) is 0 Å². The van der Waals surface area contributed by atoms with E-state index < -0.39 is 82.8 Å². The van der Waals surface area contributed by atoms with Crippen LogP contribution < -0.4 is 0 Å². The maximum atomic E-state index is 14.0. The highest BCUT2D eigenvalue weighted by Crippen LogP contribution is 2.40. The van der Waals surface area contributed by atoms with Crippen molar-refractivity contribution in [1.29, 1.82) is 0 Å². The molecule has 0 aromatic heterocycles. The molecule has 0 fully saturated rings. The van der Waals surface area contributed by atoms with Crippen LogP contribution in [0.3, 0.4) is 0 Å². The molecule has 2 unspecified atom stereocenters.